The van der Waals surface area contributed by atoms with E-state index in [0.29, 0.717) is 0 Å². The Kier molecular flexibility index (Phi) is 6.11. The maximum atomic E-state index is 12.9. The zero-order chi connectivity index (χ0) is 22.6. The van der Waals surface area contributed by atoms with Crippen molar-refractivity contribution in [2.75, 3.05) is 0 Å². The van der Waals surface area contributed by atoms with Gasteiger partial charge in [-0.15, -0.1) is 0 Å². The summed E-state index contributed by atoms with van der Waals surface area (Å²) < 4.78 is 196. The minimum atomic E-state index is -7.16. The van der Waals surface area contributed by atoms with E-state index in [2.05, 4.69) is 9.47 Å². The molecular formula is C8F15NO2S2. The van der Waals surface area contributed by atoms with Crippen LogP contribution in [0.25, 0.3) is 0 Å². The molecule has 1 aliphatic heterocycles. The van der Waals surface area contributed by atoms with Gasteiger partial charge in [0.05, 0.1) is 0 Å². The van der Waals surface area contributed by atoms with Crippen LogP contribution in [-0.2, 0) is 9.47 Å². The highest BCUT2D eigenvalue weighted by Gasteiger charge is 2.87. The minimum Gasteiger partial charge on any atom is -0.423 e. The molecule has 0 aliphatic carbocycles. The number of halogens is 15. The predicted octanol–water partition coefficient (Wildman–Crippen LogP) is 5.93. The summed E-state index contributed by atoms with van der Waals surface area (Å²) in [6.07, 6.45) is -28.5. The third-order valence-corrected chi connectivity index (χ3v) is 4.33. The van der Waals surface area contributed by atoms with Gasteiger partial charge < -0.3 is 4.74 Å². The SMILES string of the molecule is FC(F)(F)SSC1=NC(C(F)(F)F)(C(F)(F)F)OC(C(F)(F)F)(C(F)(F)F)O1. The quantitative estimate of drug-likeness (QED) is 0.336. The fourth-order valence-corrected chi connectivity index (χ4v) is 2.63. The van der Waals surface area contributed by atoms with E-state index in [9.17, 15) is 65.9 Å². The van der Waals surface area contributed by atoms with Crippen LogP contribution in [0.4, 0.5) is 65.9 Å². The molecule has 20 heteroatoms. The second-order valence-electron chi connectivity index (χ2n) is 4.45. The van der Waals surface area contributed by atoms with Gasteiger partial charge in [0.2, 0.25) is 0 Å². The van der Waals surface area contributed by atoms with Gasteiger partial charge in [-0.05, 0) is 0 Å². The van der Waals surface area contributed by atoms with Gasteiger partial charge in [0, 0.05) is 21.6 Å². The summed E-state index contributed by atoms with van der Waals surface area (Å²) in [6, 6.07) is 0. The number of rotatable bonds is 1. The Morgan fingerprint density at radius 1 is 0.643 bits per heavy atom. The molecule has 0 saturated carbocycles. The van der Waals surface area contributed by atoms with Crippen LogP contribution in [0, 0.1) is 0 Å². The summed E-state index contributed by atoms with van der Waals surface area (Å²) in [5.41, 5.74) is -12.1. The van der Waals surface area contributed by atoms with Gasteiger partial charge in [0.1, 0.15) is 0 Å². The van der Waals surface area contributed by atoms with Crippen molar-refractivity contribution in [3.05, 3.63) is 0 Å². The van der Waals surface area contributed by atoms with E-state index >= 15 is 0 Å². The Morgan fingerprint density at radius 2 is 1.04 bits per heavy atom. The van der Waals surface area contributed by atoms with Crippen molar-refractivity contribution in [1.82, 2.24) is 0 Å². The predicted molar refractivity (Wildman–Crippen MR) is 60.5 cm³/mol. The second-order valence-corrected chi connectivity index (χ2v) is 6.59. The third kappa shape index (κ3) is 4.46. The van der Waals surface area contributed by atoms with E-state index in [0.717, 1.165) is 0 Å². The van der Waals surface area contributed by atoms with Crippen LogP contribution < -0.4 is 0 Å². The molecule has 0 unspecified atom stereocenters. The highest BCUT2D eigenvalue weighted by atomic mass is 33.1. The van der Waals surface area contributed by atoms with E-state index in [-0.39, 0.29) is 0 Å². The monoisotopic (exact) mass is 491 g/mol. The zero-order valence-electron chi connectivity index (χ0n) is 11.7. The molecule has 0 aromatic heterocycles. The lowest BCUT2D eigenvalue weighted by atomic mass is 10.1. The zero-order valence-corrected chi connectivity index (χ0v) is 13.4. The molecule has 0 saturated heterocycles. The molecule has 3 nitrogen and oxygen atoms in total. The van der Waals surface area contributed by atoms with Crippen molar-refractivity contribution in [3.63, 3.8) is 0 Å². The first-order chi connectivity index (χ1) is 12.0. The highest BCUT2D eigenvalue weighted by molar-refractivity contribution is 8.82. The molecule has 0 radical (unpaired) electrons. The number of ether oxygens (including phenoxy) is 2. The molecule has 0 spiro atoms. The first kappa shape index (κ1) is 25.1. The van der Waals surface area contributed by atoms with E-state index in [1.807, 2.05) is 0 Å². The van der Waals surface area contributed by atoms with Crippen molar-refractivity contribution < 1.29 is 75.3 Å². The van der Waals surface area contributed by atoms with Gasteiger partial charge in [-0.25, -0.2) is 0 Å². The summed E-state index contributed by atoms with van der Waals surface area (Å²) in [4.78, 5) is 1.45. The molecule has 0 aromatic carbocycles. The summed E-state index contributed by atoms with van der Waals surface area (Å²) in [5, 5.41) is -2.88. The van der Waals surface area contributed by atoms with Crippen molar-refractivity contribution in [1.29, 1.82) is 0 Å². The number of nitrogens with zero attached hydrogens (tertiary/aromatic N) is 1. The van der Waals surface area contributed by atoms with Gasteiger partial charge in [-0.3, -0.25) is 4.74 Å². The molecule has 1 heterocycles. The van der Waals surface area contributed by atoms with Gasteiger partial charge in [0.15, 0.2) is 0 Å². The Labute approximate surface area is 150 Å². The molecule has 0 N–H and O–H groups in total. The minimum absolute atomic E-state index is 1.45. The number of hydrogen-bond acceptors (Lipinski definition) is 5. The van der Waals surface area contributed by atoms with Crippen LogP contribution in [0.2, 0.25) is 0 Å². The molecule has 0 bridgehead atoms. The van der Waals surface area contributed by atoms with Crippen molar-refractivity contribution in [2.24, 2.45) is 4.99 Å². The molecule has 166 valence electrons. The average molecular weight is 491 g/mol. The second kappa shape index (κ2) is 6.81. The third-order valence-electron chi connectivity index (χ3n) is 2.49. The fraction of sp³-hybridized carbons (Fsp3) is 0.875. The van der Waals surface area contributed by atoms with Gasteiger partial charge in [-0.2, -0.15) is 70.8 Å². The Hall–Kier alpha value is -0.920. The van der Waals surface area contributed by atoms with Crippen LogP contribution in [0.1, 0.15) is 0 Å². The average Bonchev–Trinajstić information content (AvgIpc) is 2.39. The topological polar surface area (TPSA) is 30.8 Å². The van der Waals surface area contributed by atoms with E-state index in [1.54, 1.807) is 0 Å². The lowest BCUT2D eigenvalue weighted by molar-refractivity contribution is -0.518. The van der Waals surface area contributed by atoms with Crippen LogP contribution in [-0.4, -0.2) is 47.0 Å². The van der Waals surface area contributed by atoms with E-state index in [4.69, 9.17) is 0 Å². The Morgan fingerprint density at radius 3 is 1.32 bits per heavy atom. The molecule has 1 aliphatic rings. The maximum Gasteiger partial charge on any atom is 0.465 e. The largest absolute Gasteiger partial charge is 0.465 e. The van der Waals surface area contributed by atoms with Crippen molar-refractivity contribution in [3.8, 4) is 0 Å². The molecule has 0 fully saturated rings. The Balaban J connectivity index is 3.80. The number of alkyl halides is 15. The van der Waals surface area contributed by atoms with Crippen molar-refractivity contribution >= 4 is 26.8 Å². The van der Waals surface area contributed by atoms with Crippen molar-refractivity contribution in [2.45, 2.75) is 41.7 Å². The first-order valence-electron chi connectivity index (χ1n) is 5.67. The first-order valence-corrected chi connectivity index (χ1v) is 7.82. The number of aliphatic imine (C=N–C) groups is 1. The summed E-state index contributed by atoms with van der Waals surface area (Å²) >= 11 is 0. The van der Waals surface area contributed by atoms with Gasteiger partial charge in [-0.1, -0.05) is 0 Å². The molecule has 0 aromatic rings. The smallest absolute Gasteiger partial charge is 0.423 e. The lowest BCUT2D eigenvalue weighted by Gasteiger charge is -2.46. The number of hydrogen-bond donors (Lipinski definition) is 0. The van der Waals surface area contributed by atoms with E-state index < -0.39 is 68.5 Å². The molecule has 0 atom stereocenters. The molecular weight excluding hydrogens is 491 g/mol. The van der Waals surface area contributed by atoms with Crippen LogP contribution in [0.15, 0.2) is 4.99 Å². The summed E-state index contributed by atoms with van der Waals surface area (Å²) in [5.74, 6) is -6.62. The Bertz CT molecular complexity index is 584. The molecule has 1 rings (SSSR count). The van der Waals surface area contributed by atoms with Crippen LogP contribution in [0.5, 0.6) is 0 Å². The van der Waals surface area contributed by atoms with Gasteiger partial charge >= 0.3 is 41.7 Å². The summed E-state index contributed by atoms with van der Waals surface area (Å²) in [6.45, 7) is 0. The fourth-order valence-electron chi connectivity index (χ4n) is 1.44. The van der Waals surface area contributed by atoms with Gasteiger partial charge in [0.25, 0.3) is 5.23 Å². The molecule has 28 heavy (non-hydrogen) atoms. The lowest BCUT2D eigenvalue weighted by Crippen LogP contribution is -2.72. The molecule has 0 amide bonds. The standard InChI is InChI=1S/C8F15NO2S2/c9-4(10,11)2(5(12,13)14)24-1(27-28-8(21,22)23)25-3(26-2,6(15,16)17)7(18,19)20. The summed E-state index contributed by atoms with van der Waals surface area (Å²) in [7, 11) is -3.17. The van der Waals surface area contributed by atoms with E-state index in [1.165, 1.54) is 4.99 Å². The normalized spacial score (nSPS) is 21.2. The maximum absolute atomic E-state index is 12.9. The van der Waals surface area contributed by atoms with Crippen LogP contribution >= 0.6 is 21.6 Å². The van der Waals surface area contributed by atoms with Crippen LogP contribution in [0.3, 0.4) is 0 Å². The highest BCUT2D eigenvalue weighted by Crippen LogP contribution is 2.59.